The van der Waals surface area contributed by atoms with Crippen LogP contribution in [0.3, 0.4) is 0 Å². The minimum Gasteiger partial charge on any atom is -0.479 e. The summed E-state index contributed by atoms with van der Waals surface area (Å²) in [5, 5.41) is 9.19. The molecule has 98 valence electrons. The maximum absolute atomic E-state index is 11.2. The van der Waals surface area contributed by atoms with Crippen LogP contribution in [-0.2, 0) is 9.53 Å². The molecule has 3 nitrogen and oxygen atoms in total. The lowest BCUT2D eigenvalue weighted by molar-refractivity contribution is -0.160. The fourth-order valence-corrected chi connectivity index (χ4v) is 3.34. The zero-order chi connectivity index (χ0) is 12.6. The summed E-state index contributed by atoms with van der Waals surface area (Å²) in [5.74, 6) is 0.133. The molecule has 0 heterocycles. The molecule has 0 spiro atoms. The second-order valence-corrected chi connectivity index (χ2v) is 6.77. The van der Waals surface area contributed by atoms with Crippen LogP contribution < -0.4 is 0 Å². The molecule has 0 bridgehead atoms. The monoisotopic (exact) mass is 240 g/mol. The number of carbonyl (C=O) groups is 1. The van der Waals surface area contributed by atoms with Gasteiger partial charge in [0, 0.05) is 0 Å². The fourth-order valence-electron chi connectivity index (χ4n) is 3.34. The lowest BCUT2D eigenvalue weighted by atomic mass is 9.71. The summed E-state index contributed by atoms with van der Waals surface area (Å²) in [5.41, 5.74) is 0.287. The van der Waals surface area contributed by atoms with Gasteiger partial charge in [0.1, 0.15) is 0 Å². The lowest BCUT2D eigenvalue weighted by Crippen LogP contribution is -2.38. The maximum Gasteiger partial charge on any atom is 0.333 e. The fraction of sp³-hybridized carbons (Fsp3) is 0.929. The Kier molecular flexibility index (Phi) is 3.48. The van der Waals surface area contributed by atoms with Crippen molar-refractivity contribution in [2.24, 2.45) is 17.3 Å². The quantitative estimate of drug-likeness (QED) is 0.821. The standard InChI is InChI=1S/C14H24O3/c1-9-6-11(8-14(2,3)7-9)17-12(13(15)16)10-4-5-10/h9-12H,4-8H2,1-3H3,(H,15,16). The van der Waals surface area contributed by atoms with Crippen LogP contribution >= 0.6 is 0 Å². The van der Waals surface area contributed by atoms with Gasteiger partial charge in [-0.25, -0.2) is 4.79 Å². The van der Waals surface area contributed by atoms with Gasteiger partial charge >= 0.3 is 5.97 Å². The van der Waals surface area contributed by atoms with Gasteiger partial charge in [-0.1, -0.05) is 20.8 Å². The molecule has 0 aliphatic heterocycles. The lowest BCUT2D eigenvalue weighted by Gasteiger charge is -2.39. The summed E-state index contributed by atoms with van der Waals surface area (Å²) < 4.78 is 5.88. The van der Waals surface area contributed by atoms with E-state index in [1.807, 2.05) is 0 Å². The second kappa shape index (κ2) is 4.60. The summed E-state index contributed by atoms with van der Waals surface area (Å²) in [4.78, 5) is 11.2. The molecule has 3 heteroatoms. The van der Waals surface area contributed by atoms with Gasteiger partial charge < -0.3 is 9.84 Å². The molecule has 0 aromatic heterocycles. The van der Waals surface area contributed by atoms with E-state index in [-0.39, 0.29) is 17.4 Å². The predicted molar refractivity (Wildman–Crippen MR) is 65.8 cm³/mol. The molecule has 2 saturated carbocycles. The summed E-state index contributed by atoms with van der Waals surface area (Å²) in [6.07, 6.45) is 4.84. The van der Waals surface area contributed by atoms with Crippen molar-refractivity contribution in [3.05, 3.63) is 0 Å². The van der Waals surface area contributed by atoms with Gasteiger partial charge in [-0.3, -0.25) is 0 Å². The highest BCUT2D eigenvalue weighted by Crippen LogP contribution is 2.42. The van der Waals surface area contributed by atoms with Gasteiger partial charge in [0.2, 0.25) is 0 Å². The third-order valence-electron chi connectivity index (χ3n) is 3.98. The molecule has 2 aliphatic rings. The Balaban J connectivity index is 1.94. The van der Waals surface area contributed by atoms with Crippen LogP contribution in [0.4, 0.5) is 0 Å². The first-order chi connectivity index (χ1) is 7.87. The number of rotatable bonds is 4. The minimum absolute atomic E-state index is 0.135. The Bertz CT molecular complexity index is 294. The molecule has 1 N–H and O–H groups in total. The molecule has 0 saturated heterocycles. The van der Waals surface area contributed by atoms with Gasteiger partial charge in [-0.2, -0.15) is 0 Å². The van der Waals surface area contributed by atoms with E-state index < -0.39 is 12.1 Å². The Labute approximate surface area is 104 Å². The van der Waals surface area contributed by atoms with Crippen LogP contribution in [-0.4, -0.2) is 23.3 Å². The minimum atomic E-state index is -0.775. The highest BCUT2D eigenvalue weighted by molar-refractivity contribution is 5.73. The molecule has 2 aliphatic carbocycles. The number of ether oxygens (including phenoxy) is 1. The van der Waals surface area contributed by atoms with Crippen LogP contribution in [0.2, 0.25) is 0 Å². The van der Waals surface area contributed by atoms with Crippen molar-refractivity contribution in [3.63, 3.8) is 0 Å². The van der Waals surface area contributed by atoms with E-state index in [1.165, 1.54) is 6.42 Å². The van der Waals surface area contributed by atoms with Crippen molar-refractivity contribution >= 4 is 5.97 Å². The Morgan fingerprint density at radius 1 is 1.35 bits per heavy atom. The summed E-state index contributed by atoms with van der Waals surface area (Å²) in [6, 6.07) is 0. The molecule has 0 aromatic rings. The van der Waals surface area contributed by atoms with Crippen LogP contribution in [0.15, 0.2) is 0 Å². The number of hydrogen-bond acceptors (Lipinski definition) is 2. The van der Waals surface area contributed by atoms with E-state index >= 15 is 0 Å². The zero-order valence-electron chi connectivity index (χ0n) is 11.1. The third-order valence-corrected chi connectivity index (χ3v) is 3.98. The van der Waals surface area contributed by atoms with E-state index in [0.29, 0.717) is 5.92 Å². The topological polar surface area (TPSA) is 46.5 Å². The molecule has 0 aromatic carbocycles. The molecule has 2 rings (SSSR count). The van der Waals surface area contributed by atoms with Gasteiger partial charge in [-0.05, 0) is 49.4 Å². The first kappa shape index (κ1) is 12.9. The molecule has 3 unspecified atom stereocenters. The number of aliphatic carboxylic acids is 1. The van der Waals surface area contributed by atoms with Gasteiger partial charge in [0.15, 0.2) is 6.10 Å². The van der Waals surface area contributed by atoms with E-state index in [0.717, 1.165) is 25.7 Å². The Morgan fingerprint density at radius 2 is 2.00 bits per heavy atom. The highest BCUT2D eigenvalue weighted by Gasteiger charge is 2.41. The van der Waals surface area contributed by atoms with E-state index in [4.69, 9.17) is 4.74 Å². The van der Waals surface area contributed by atoms with Crippen molar-refractivity contribution in [3.8, 4) is 0 Å². The maximum atomic E-state index is 11.2. The molecule has 0 radical (unpaired) electrons. The molecule has 2 fully saturated rings. The predicted octanol–water partition coefficient (Wildman–Crippen LogP) is 3.08. The van der Waals surface area contributed by atoms with Gasteiger partial charge in [-0.15, -0.1) is 0 Å². The van der Waals surface area contributed by atoms with Crippen molar-refractivity contribution < 1.29 is 14.6 Å². The highest BCUT2D eigenvalue weighted by atomic mass is 16.5. The van der Waals surface area contributed by atoms with E-state index in [2.05, 4.69) is 20.8 Å². The van der Waals surface area contributed by atoms with Gasteiger partial charge in [0.25, 0.3) is 0 Å². The van der Waals surface area contributed by atoms with E-state index in [1.54, 1.807) is 0 Å². The van der Waals surface area contributed by atoms with Crippen LogP contribution in [0.25, 0.3) is 0 Å². The molecular formula is C14H24O3. The number of carboxylic acids is 1. The van der Waals surface area contributed by atoms with Crippen molar-refractivity contribution in [2.45, 2.75) is 65.1 Å². The summed E-state index contributed by atoms with van der Waals surface area (Å²) >= 11 is 0. The third kappa shape index (κ3) is 3.44. The smallest absolute Gasteiger partial charge is 0.333 e. The van der Waals surface area contributed by atoms with Crippen LogP contribution in [0, 0.1) is 17.3 Å². The normalized spacial score (nSPS) is 34.3. The summed E-state index contributed by atoms with van der Waals surface area (Å²) in [7, 11) is 0. The first-order valence-electron chi connectivity index (χ1n) is 6.76. The molecule has 0 amide bonds. The van der Waals surface area contributed by atoms with Crippen molar-refractivity contribution in [1.29, 1.82) is 0 Å². The zero-order valence-corrected chi connectivity index (χ0v) is 11.1. The van der Waals surface area contributed by atoms with Crippen LogP contribution in [0.5, 0.6) is 0 Å². The van der Waals surface area contributed by atoms with E-state index in [9.17, 15) is 9.90 Å². The molecular weight excluding hydrogens is 216 g/mol. The Morgan fingerprint density at radius 3 is 2.47 bits per heavy atom. The number of carboxylic acid groups (broad SMARTS) is 1. The molecule has 17 heavy (non-hydrogen) atoms. The second-order valence-electron chi connectivity index (χ2n) is 6.77. The first-order valence-corrected chi connectivity index (χ1v) is 6.76. The summed E-state index contributed by atoms with van der Waals surface area (Å²) in [6.45, 7) is 6.75. The van der Waals surface area contributed by atoms with Gasteiger partial charge in [0.05, 0.1) is 6.10 Å². The largest absolute Gasteiger partial charge is 0.479 e. The van der Waals surface area contributed by atoms with Crippen molar-refractivity contribution in [1.82, 2.24) is 0 Å². The Hall–Kier alpha value is -0.570. The van der Waals surface area contributed by atoms with Crippen molar-refractivity contribution in [2.75, 3.05) is 0 Å². The number of hydrogen-bond donors (Lipinski definition) is 1. The average molecular weight is 240 g/mol. The molecule has 3 atom stereocenters. The van der Waals surface area contributed by atoms with Crippen LogP contribution in [0.1, 0.15) is 52.9 Å². The average Bonchev–Trinajstić information content (AvgIpc) is 2.93. The SMILES string of the molecule is CC1CC(OC(C(=O)O)C2CC2)CC(C)(C)C1.